The second-order valence-corrected chi connectivity index (χ2v) is 12.4. The van der Waals surface area contributed by atoms with Crippen LogP contribution >= 0.6 is 0 Å². The van der Waals surface area contributed by atoms with Crippen LogP contribution in [0.3, 0.4) is 0 Å². The molecule has 0 amide bonds. The van der Waals surface area contributed by atoms with Crippen LogP contribution < -0.4 is 10.5 Å². The van der Waals surface area contributed by atoms with E-state index >= 15 is 0 Å². The topological polar surface area (TPSA) is 81.8 Å². The number of anilines is 1. The van der Waals surface area contributed by atoms with Gasteiger partial charge >= 0.3 is 5.97 Å². The van der Waals surface area contributed by atoms with Crippen LogP contribution in [0.25, 0.3) is 6.08 Å². The summed E-state index contributed by atoms with van der Waals surface area (Å²) in [5.74, 6) is -0.0737. The van der Waals surface area contributed by atoms with Gasteiger partial charge in [-0.2, -0.15) is 0 Å². The number of benzene rings is 2. The predicted octanol–water partition coefficient (Wildman–Crippen LogP) is 4.99. The van der Waals surface area contributed by atoms with Crippen LogP contribution in [-0.4, -0.2) is 32.1 Å². The molecule has 0 aromatic heterocycles. The lowest BCUT2D eigenvalue weighted by Crippen LogP contribution is -2.32. The van der Waals surface area contributed by atoms with Crippen molar-refractivity contribution in [3.05, 3.63) is 65.7 Å². The molecule has 0 bridgehead atoms. The number of hydrogen-bond donors (Lipinski definition) is 2. The molecule has 0 fully saturated rings. The zero-order chi connectivity index (χ0) is 21.3. The second-order valence-electron chi connectivity index (χ2n) is 7.94. The maximum absolute atomic E-state index is 10.9. The summed E-state index contributed by atoms with van der Waals surface area (Å²) < 4.78 is 12.3. The fourth-order valence-electron chi connectivity index (χ4n) is 2.91. The van der Waals surface area contributed by atoms with Gasteiger partial charge in [-0.05, 0) is 55.4 Å². The van der Waals surface area contributed by atoms with Crippen LogP contribution in [0.15, 0.2) is 54.6 Å². The number of rotatable bonds is 11. The highest BCUT2D eigenvalue weighted by molar-refractivity contribution is 6.69. The molecule has 2 aromatic rings. The summed E-state index contributed by atoms with van der Waals surface area (Å²) in [7, 11) is -1.73. The number of hydrogen-bond acceptors (Lipinski definition) is 4. The van der Waals surface area contributed by atoms with Crippen LogP contribution in [0.5, 0.6) is 5.75 Å². The molecule has 1 atom stereocenters. The quantitative estimate of drug-likeness (QED) is 0.401. The molecule has 0 aliphatic rings. The van der Waals surface area contributed by atoms with Crippen molar-refractivity contribution < 1.29 is 19.1 Å². The Morgan fingerprint density at radius 1 is 1.17 bits per heavy atom. The van der Waals surface area contributed by atoms with E-state index in [9.17, 15) is 4.79 Å². The minimum Gasteiger partial charge on any atom is -0.493 e. The number of aryl methyl sites for hydroxylation is 1. The Hall–Kier alpha value is -2.57. The Labute approximate surface area is 174 Å². The van der Waals surface area contributed by atoms with E-state index in [4.69, 9.17) is 20.0 Å². The summed E-state index contributed by atoms with van der Waals surface area (Å²) >= 11 is 0. The first-order valence-corrected chi connectivity index (χ1v) is 13.3. The van der Waals surface area contributed by atoms with Gasteiger partial charge < -0.3 is 20.0 Å². The fraction of sp³-hybridized carbons (Fsp3) is 0.348. The number of carbonyl (C=O) groups is 1. The van der Waals surface area contributed by atoms with Crippen molar-refractivity contribution in [2.45, 2.75) is 45.0 Å². The summed E-state index contributed by atoms with van der Waals surface area (Å²) in [6, 6.07) is 15.3. The summed E-state index contributed by atoms with van der Waals surface area (Å²) in [4.78, 5) is 10.9. The highest BCUT2D eigenvalue weighted by Gasteiger charge is 2.19. The summed E-state index contributed by atoms with van der Waals surface area (Å²) in [5.41, 5.74) is 8.53. The van der Waals surface area contributed by atoms with Crippen LogP contribution in [-0.2, 0) is 15.6 Å². The third-order valence-corrected chi connectivity index (χ3v) is 5.17. The molecule has 0 saturated heterocycles. The average Bonchev–Trinajstić information content (AvgIpc) is 2.64. The number of carboxylic acids is 1. The number of ether oxygens (including phenoxy) is 1. The van der Waals surface area contributed by atoms with Crippen LogP contribution in [0.2, 0.25) is 19.6 Å². The van der Waals surface area contributed by atoms with Crippen LogP contribution in [0, 0.1) is 0 Å². The normalized spacial score (nSPS) is 12.8. The average molecular weight is 414 g/mol. The van der Waals surface area contributed by atoms with Crippen molar-refractivity contribution in [2.75, 3.05) is 12.3 Å². The molecule has 0 saturated carbocycles. The van der Waals surface area contributed by atoms with E-state index in [-0.39, 0.29) is 12.5 Å². The minimum atomic E-state index is -1.73. The molecule has 0 aliphatic heterocycles. The monoisotopic (exact) mass is 413 g/mol. The van der Waals surface area contributed by atoms with Crippen molar-refractivity contribution in [2.24, 2.45) is 0 Å². The zero-order valence-electron chi connectivity index (χ0n) is 17.4. The van der Waals surface area contributed by atoms with Crippen LogP contribution in [0.4, 0.5) is 5.69 Å². The smallest absolute Gasteiger partial charge is 0.303 e. The Kier molecular flexibility index (Phi) is 8.48. The van der Waals surface area contributed by atoms with Gasteiger partial charge in [0.1, 0.15) is 5.75 Å². The van der Waals surface area contributed by atoms with E-state index in [0.29, 0.717) is 19.4 Å². The van der Waals surface area contributed by atoms with Gasteiger partial charge in [-0.15, -0.1) is 0 Å². The minimum absolute atomic E-state index is 0.0609. The molecular formula is C23H31NO4Si. The standard InChI is InChI=1S/C23H31NO4Si/c1-29(2,3)28-21(13-11-18-7-6-9-20(24)17-18)15-16-27-22-10-5-4-8-19(22)12-14-23(25)26/h4-11,13,17,21H,12,14-16,24H2,1-3H3,(H,25,26)/b13-11+. The fourth-order valence-corrected chi connectivity index (χ4v) is 4.01. The van der Waals surface area contributed by atoms with E-state index < -0.39 is 14.3 Å². The molecule has 0 aliphatic carbocycles. The summed E-state index contributed by atoms with van der Waals surface area (Å²) in [5, 5.41) is 8.92. The van der Waals surface area contributed by atoms with E-state index in [1.165, 1.54) is 0 Å². The largest absolute Gasteiger partial charge is 0.493 e. The maximum Gasteiger partial charge on any atom is 0.303 e. The Morgan fingerprint density at radius 3 is 2.62 bits per heavy atom. The summed E-state index contributed by atoms with van der Waals surface area (Å²) in [6.45, 7) is 6.98. The number of aliphatic carboxylic acids is 1. The van der Waals surface area contributed by atoms with E-state index in [1.54, 1.807) is 0 Å². The van der Waals surface area contributed by atoms with Gasteiger partial charge in [-0.1, -0.05) is 42.5 Å². The van der Waals surface area contributed by atoms with Gasteiger partial charge in [-0.25, -0.2) is 0 Å². The molecule has 156 valence electrons. The molecule has 2 aromatic carbocycles. The van der Waals surface area contributed by atoms with Gasteiger partial charge in [0.25, 0.3) is 0 Å². The van der Waals surface area contributed by atoms with E-state index in [0.717, 1.165) is 22.6 Å². The van der Waals surface area contributed by atoms with Gasteiger partial charge in [0.15, 0.2) is 8.32 Å². The Morgan fingerprint density at radius 2 is 1.93 bits per heavy atom. The Balaban J connectivity index is 2.00. The molecular weight excluding hydrogens is 382 g/mol. The van der Waals surface area contributed by atoms with Gasteiger partial charge in [0.2, 0.25) is 0 Å². The van der Waals surface area contributed by atoms with Gasteiger partial charge in [0, 0.05) is 18.5 Å². The third kappa shape index (κ3) is 8.98. The molecule has 2 rings (SSSR count). The molecule has 0 spiro atoms. The summed E-state index contributed by atoms with van der Waals surface area (Å²) in [6.07, 6.45) is 5.28. The van der Waals surface area contributed by atoms with Gasteiger partial charge in [-0.3, -0.25) is 4.79 Å². The maximum atomic E-state index is 10.9. The molecule has 29 heavy (non-hydrogen) atoms. The molecule has 1 unspecified atom stereocenters. The lowest BCUT2D eigenvalue weighted by Gasteiger charge is -2.24. The Bertz CT molecular complexity index is 830. The predicted molar refractivity (Wildman–Crippen MR) is 121 cm³/mol. The SMILES string of the molecule is C[Si](C)(C)OC(/C=C/c1cccc(N)c1)CCOc1ccccc1CCC(=O)O. The first-order chi connectivity index (χ1) is 13.7. The molecule has 0 heterocycles. The molecule has 3 N–H and O–H groups in total. The number of nitrogens with two attached hydrogens (primary N) is 1. The second kappa shape index (κ2) is 10.8. The van der Waals surface area contributed by atoms with Crippen molar-refractivity contribution in [3.8, 4) is 5.75 Å². The zero-order valence-corrected chi connectivity index (χ0v) is 18.4. The first kappa shape index (κ1) is 22.7. The van der Waals surface area contributed by atoms with E-state index in [2.05, 4.69) is 25.7 Å². The lowest BCUT2D eigenvalue weighted by atomic mass is 10.1. The number of para-hydroxylation sites is 1. The molecule has 5 nitrogen and oxygen atoms in total. The number of carboxylic acid groups (broad SMARTS) is 1. The molecule has 6 heteroatoms. The highest BCUT2D eigenvalue weighted by Crippen LogP contribution is 2.21. The third-order valence-electron chi connectivity index (χ3n) is 4.16. The number of nitrogen functional groups attached to an aromatic ring is 1. The van der Waals surface area contributed by atoms with Crippen molar-refractivity contribution in [1.29, 1.82) is 0 Å². The van der Waals surface area contributed by atoms with Crippen molar-refractivity contribution in [1.82, 2.24) is 0 Å². The van der Waals surface area contributed by atoms with Crippen LogP contribution in [0.1, 0.15) is 24.0 Å². The van der Waals surface area contributed by atoms with E-state index in [1.807, 2.05) is 54.6 Å². The lowest BCUT2D eigenvalue weighted by molar-refractivity contribution is -0.136. The molecule has 0 radical (unpaired) electrons. The van der Waals surface area contributed by atoms with Gasteiger partial charge in [0.05, 0.1) is 12.7 Å². The van der Waals surface area contributed by atoms with Crippen molar-refractivity contribution in [3.63, 3.8) is 0 Å². The van der Waals surface area contributed by atoms with Crippen molar-refractivity contribution >= 4 is 26.1 Å². The first-order valence-electron chi connectivity index (χ1n) is 9.87. The highest BCUT2D eigenvalue weighted by atomic mass is 28.4.